The number of rotatable bonds is 5. The highest BCUT2D eigenvalue weighted by molar-refractivity contribution is 14.1. The summed E-state index contributed by atoms with van der Waals surface area (Å²) >= 11 is 1.87. The Labute approximate surface area is 180 Å². The van der Waals surface area contributed by atoms with Crippen LogP contribution >= 0.6 is 22.9 Å². The highest BCUT2D eigenvalue weighted by Crippen LogP contribution is 2.36. The smallest absolute Gasteiger partial charge is 0.268 e. The molecule has 0 spiro atoms. The van der Waals surface area contributed by atoms with Crippen molar-refractivity contribution in [2.24, 2.45) is 0 Å². The van der Waals surface area contributed by atoms with Gasteiger partial charge in [0.05, 0.1) is 40.8 Å². The van der Waals surface area contributed by atoms with Crippen LogP contribution in [0, 0.1) is 6.92 Å². The Kier molecular flexibility index (Phi) is 6.45. The van der Waals surface area contributed by atoms with Crippen molar-refractivity contribution in [1.29, 1.82) is 0 Å². The molecule has 0 bridgehead atoms. The number of carbonyl (C=O) groups is 1. The molecule has 0 aliphatic heterocycles. The van der Waals surface area contributed by atoms with Crippen LogP contribution in [0.4, 0.5) is 23.2 Å². The number of alkyl halides is 4. The van der Waals surface area contributed by atoms with Gasteiger partial charge in [0, 0.05) is 10.9 Å². The van der Waals surface area contributed by atoms with E-state index in [0.29, 0.717) is 34.9 Å². The number of nitrogens with zero attached hydrogens (tertiary/aromatic N) is 1. The molecule has 1 amide bonds. The van der Waals surface area contributed by atoms with E-state index in [0.717, 1.165) is 23.3 Å². The third-order valence-corrected chi connectivity index (χ3v) is 5.66. The van der Waals surface area contributed by atoms with Crippen LogP contribution in [0.25, 0.3) is 10.8 Å². The quantitative estimate of drug-likeness (QED) is 0.202. The molecule has 0 N–H and O–H groups in total. The molecule has 0 saturated heterocycles. The predicted molar refractivity (Wildman–Crippen MR) is 115 cm³/mol. The van der Waals surface area contributed by atoms with E-state index >= 15 is 0 Å². The standard InChI is InChI=1S/C22H18F4INO/c1-14-7-8-15(4-3-11-23)12-19(14)21(29)28(27)20-6-2-5-16-13-17(22(24,25)26)9-10-18(16)20/h2,5-10,12-13H,3-4,11H2,1H3. The Hall–Kier alpha value is -2.16. The second kappa shape index (κ2) is 8.69. The first-order valence-electron chi connectivity index (χ1n) is 8.98. The number of amides is 1. The summed E-state index contributed by atoms with van der Waals surface area (Å²) in [5.74, 6) is -0.280. The minimum atomic E-state index is -4.43. The van der Waals surface area contributed by atoms with Crippen molar-refractivity contribution in [3.63, 3.8) is 0 Å². The van der Waals surface area contributed by atoms with E-state index in [1.165, 1.54) is 9.18 Å². The molecule has 3 aromatic carbocycles. The summed E-state index contributed by atoms with van der Waals surface area (Å²) in [5, 5.41) is 0.953. The molecule has 2 nitrogen and oxygen atoms in total. The van der Waals surface area contributed by atoms with Crippen LogP contribution in [0.2, 0.25) is 0 Å². The number of benzene rings is 3. The predicted octanol–water partition coefficient (Wildman–Crippen LogP) is 7.07. The molecule has 0 fully saturated rings. The average molecular weight is 515 g/mol. The molecule has 0 radical (unpaired) electrons. The molecule has 152 valence electrons. The molecule has 0 aliphatic carbocycles. The van der Waals surface area contributed by atoms with Crippen molar-refractivity contribution in [2.45, 2.75) is 25.9 Å². The van der Waals surface area contributed by atoms with Gasteiger partial charge in [-0.15, -0.1) is 0 Å². The van der Waals surface area contributed by atoms with Crippen LogP contribution < -0.4 is 3.11 Å². The first-order valence-corrected chi connectivity index (χ1v) is 9.94. The number of hydrogen-bond acceptors (Lipinski definition) is 1. The molecule has 0 heterocycles. The zero-order valence-corrected chi connectivity index (χ0v) is 17.7. The summed E-state index contributed by atoms with van der Waals surface area (Å²) in [6.07, 6.45) is -3.51. The fourth-order valence-electron chi connectivity index (χ4n) is 3.16. The lowest BCUT2D eigenvalue weighted by Crippen LogP contribution is -2.21. The van der Waals surface area contributed by atoms with Gasteiger partial charge in [-0.3, -0.25) is 9.18 Å². The van der Waals surface area contributed by atoms with Gasteiger partial charge in [0.15, 0.2) is 0 Å². The van der Waals surface area contributed by atoms with Gasteiger partial charge in [-0.05, 0) is 60.5 Å². The van der Waals surface area contributed by atoms with Gasteiger partial charge in [0.2, 0.25) is 0 Å². The highest BCUT2D eigenvalue weighted by Gasteiger charge is 2.30. The van der Waals surface area contributed by atoms with Crippen molar-refractivity contribution in [3.05, 3.63) is 76.9 Å². The fourth-order valence-corrected chi connectivity index (χ4v) is 3.84. The molecule has 3 rings (SSSR count). The Morgan fingerprint density at radius 2 is 1.83 bits per heavy atom. The Bertz CT molecular complexity index is 1050. The van der Waals surface area contributed by atoms with Crippen molar-refractivity contribution >= 4 is 45.2 Å². The van der Waals surface area contributed by atoms with E-state index in [9.17, 15) is 22.4 Å². The van der Waals surface area contributed by atoms with E-state index in [2.05, 4.69) is 0 Å². The monoisotopic (exact) mass is 515 g/mol. The largest absolute Gasteiger partial charge is 0.416 e. The Morgan fingerprint density at radius 1 is 1.07 bits per heavy atom. The zero-order chi connectivity index (χ0) is 21.2. The van der Waals surface area contributed by atoms with Crippen LogP contribution in [-0.4, -0.2) is 12.6 Å². The molecular formula is C22H18F4INO. The third kappa shape index (κ3) is 4.71. The van der Waals surface area contributed by atoms with Gasteiger partial charge in [0.25, 0.3) is 5.91 Å². The zero-order valence-electron chi connectivity index (χ0n) is 15.6. The van der Waals surface area contributed by atoms with Crippen molar-refractivity contribution < 1.29 is 22.4 Å². The van der Waals surface area contributed by atoms with Gasteiger partial charge in [-0.2, -0.15) is 13.2 Å². The van der Waals surface area contributed by atoms with E-state index in [1.807, 2.05) is 41.9 Å². The second-order valence-corrected chi connectivity index (χ2v) is 7.70. The molecule has 0 aliphatic rings. The number of anilines is 1. The van der Waals surface area contributed by atoms with Gasteiger partial charge in [0.1, 0.15) is 0 Å². The van der Waals surface area contributed by atoms with Crippen molar-refractivity contribution in [2.75, 3.05) is 9.79 Å². The van der Waals surface area contributed by atoms with E-state index in [-0.39, 0.29) is 5.91 Å². The van der Waals surface area contributed by atoms with E-state index < -0.39 is 18.4 Å². The normalized spacial score (nSPS) is 11.7. The number of aryl methyl sites for hydroxylation is 2. The lowest BCUT2D eigenvalue weighted by molar-refractivity contribution is -0.137. The molecule has 0 unspecified atom stereocenters. The summed E-state index contributed by atoms with van der Waals surface area (Å²) in [6, 6.07) is 13.8. The first kappa shape index (κ1) is 21.5. The Balaban J connectivity index is 1.99. The number of hydrogen-bond donors (Lipinski definition) is 0. The number of fused-ring (bicyclic) bond motifs is 1. The maximum Gasteiger partial charge on any atom is 0.416 e. The topological polar surface area (TPSA) is 20.3 Å². The molecular weight excluding hydrogens is 497 g/mol. The number of carbonyl (C=O) groups excluding carboxylic acids is 1. The summed E-state index contributed by atoms with van der Waals surface area (Å²) in [6.45, 7) is 1.39. The molecule has 0 aromatic heterocycles. The van der Waals surface area contributed by atoms with Crippen molar-refractivity contribution in [3.8, 4) is 0 Å². The summed E-state index contributed by atoms with van der Waals surface area (Å²) in [7, 11) is 0. The summed E-state index contributed by atoms with van der Waals surface area (Å²) in [5.41, 5.74) is 1.91. The highest BCUT2D eigenvalue weighted by atomic mass is 127. The summed E-state index contributed by atoms with van der Waals surface area (Å²) < 4.78 is 52.9. The van der Waals surface area contributed by atoms with E-state index in [4.69, 9.17) is 0 Å². The first-order chi connectivity index (χ1) is 13.7. The van der Waals surface area contributed by atoms with E-state index in [1.54, 1.807) is 24.3 Å². The van der Waals surface area contributed by atoms with Crippen LogP contribution in [0.5, 0.6) is 0 Å². The average Bonchev–Trinajstić information content (AvgIpc) is 2.70. The maximum absolute atomic E-state index is 13.1. The van der Waals surface area contributed by atoms with Gasteiger partial charge in [-0.1, -0.05) is 30.3 Å². The molecule has 0 saturated carbocycles. The molecule has 29 heavy (non-hydrogen) atoms. The van der Waals surface area contributed by atoms with Crippen LogP contribution in [0.3, 0.4) is 0 Å². The minimum Gasteiger partial charge on any atom is -0.268 e. The van der Waals surface area contributed by atoms with Crippen LogP contribution in [0.15, 0.2) is 54.6 Å². The Morgan fingerprint density at radius 3 is 2.52 bits per heavy atom. The lowest BCUT2D eigenvalue weighted by Gasteiger charge is -2.19. The summed E-state index contributed by atoms with van der Waals surface area (Å²) in [4.78, 5) is 13.1. The second-order valence-electron chi connectivity index (χ2n) is 6.74. The molecule has 0 atom stereocenters. The van der Waals surface area contributed by atoms with Gasteiger partial charge >= 0.3 is 6.18 Å². The fraction of sp³-hybridized carbons (Fsp3) is 0.227. The molecule has 7 heteroatoms. The van der Waals surface area contributed by atoms with Crippen LogP contribution in [-0.2, 0) is 12.6 Å². The minimum absolute atomic E-state index is 0.280. The lowest BCUT2D eigenvalue weighted by atomic mass is 10.0. The van der Waals surface area contributed by atoms with Gasteiger partial charge < -0.3 is 0 Å². The maximum atomic E-state index is 13.1. The number of halogens is 5. The third-order valence-electron chi connectivity index (χ3n) is 4.71. The van der Waals surface area contributed by atoms with Crippen LogP contribution in [0.1, 0.15) is 33.5 Å². The van der Waals surface area contributed by atoms with Gasteiger partial charge in [-0.25, -0.2) is 3.11 Å². The SMILES string of the molecule is Cc1ccc(CCCF)cc1C(=O)N(I)c1cccc2cc(C(F)(F)F)ccc12. The van der Waals surface area contributed by atoms with Crippen molar-refractivity contribution in [1.82, 2.24) is 0 Å². The molecule has 3 aromatic rings.